The van der Waals surface area contributed by atoms with Crippen molar-refractivity contribution in [2.75, 3.05) is 0 Å². The summed E-state index contributed by atoms with van der Waals surface area (Å²) in [6.07, 6.45) is 1.45. The van der Waals surface area contributed by atoms with Crippen LogP contribution in [0.4, 0.5) is 0 Å². The normalized spacial score (nSPS) is 15.9. The number of carbonyl (C=O) groups excluding carboxylic acids is 1. The Labute approximate surface area is 168 Å². The third kappa shape index (κ3) is 2.78. The number of carbonyl (C=O) groups is 1. The molecule has 4 aromatic rings. The predicted molar refractivity (Wildman–Crippen MR) is 108 cm³/mol. The van der Waals surface area contributed by atoms with Gasteiger partial charge in [-0.15, -0.1) is 0 Å². The maximum atomic E-state index is 13.2. The molecule has 0 radical (unpaired) electrons. The summed E-state index contributed by atoms with van der Waals surface area (Å²) in [6, 6.07) is 9.35. The highest BCUT2D eigenvalue weighted by Gasteiger charge is 2.33. The molecule has 2 aromatic carbocycles. The van der Waals surface area contributed by atoms with E-state index in [0.717, 1.165) is 5.56 Å². The van der Waals surface area contributed by atoms with E-state index in [2.05, 4.69) is 0 Å². The zero-order chi connectivity index (χ0) is 20.1. The van der Waals surface area contributed by atoms with Crippen molar-refractivity contribution in [1.29, 1.82) is 0 Å². The molecule has 1 atom stereocenters. The van der Waals surface area contributed by atoms with Crippen molar-refractivity contribution in [1.82, 2.24) is 0 Å². The first-order valence-electron chi connectivity index (χ1n) is 8.86. The Kier molecular flexibility index (Phi) is 3.92. The third-order valence-corrected chi connectivity index (χ3v) is 5.80. The van der Waals surface area contributed by atoms with Crippen LogP contribution in [0, 0.1) is 0 Å². The molecule has 0 aliphatic carbocycles. The quantitative estimate of drug-likeness (QED) is 0.379. The highest BCUT2D eigenvalue weighted by Crippen LogP contribution is 2.45. The number of phenolic OH excluding ortho intramolecular Hbond substituents is 2. The number of benzene rings is 2. The van der Waals surface area contributed by atoms with Crippen LogP contribution >= 0.6 is 11.3 Å². The Balaban J connectivity index is 1.79. The molecule has 0 saturated carbocycles. The zero-order valence-corrected chi connectivity index (χ0v) is 15.7. The van der Waals surface area contributed by atoms with E-state index in [9.17, 15) is 19.8 Å². The van der Waals surface area contributed by atoms with Gasteiger partial charge in [-0.2, -0.15) is 11.3 Å². The van der Waals surface area contributed by atoms with E-state index in [-0.39, 0.29) is 46.1 Å². The molecule has 0 unspecified atom stereocenters. The molecule has 1 aliphatic heterocycles. The topological polar surface area (TPSA) is 97.0 Å². The van der Waals surface area contributed by atoms with Crippen molar-refractivity contribution in [3.05, 3.63) is 74.8 Å². The number of aromatic hydroxyl groups is 2. The van der Waals surface area contributed by atoms with E-state index in [1.807, 2.05) is 16.8 Å². The van der Waals surface area contributed by atoms with Crippen LogP contribution in [0.15, 0.2) is 62.6 Å². The molecule has 1 aliphatic rings. The first kappa shape index (κ1) is 17.5. The monoisotopic (exact) mass is 406 g/mol. The van der Waals surface area contributed by atoms with Gasteiger partial charge >= 0.3 is 5.97 Å². The average Bonchev–Trinajstić information content (AvgIpc) is 3.23. The zero-order valence-electron chi connectivity index (χ0n) is 14.9. The summed E-state index contributed by atoms with van der Waals surface area (Å²) in [5.74, 6) is -0.773. The fourth-order valence-corrected chi connectivity index (χ4v) is 4.44. The minimum absolute atomic E-state index is 0.0347. The maximum Gasteiger partial charge on any atom is 0.312 e. The molecule has 144 valence electrons. The van der Waals surface area contributed by atoms with Gasteiger partial charge in [0.25, 0.3) is 0 Å². The van der Waals surface area contributed by atoms with Gasteiger partial charge in [0, 0.05) is 17.5 Å². The maximum absolute atomic E-state index is 13.2. The predicted octanol–water partition coefficient (Wildman–Crippen LogP) is 4.37. The van der Waals surface area contributed by atoms with Gasteiger partial charge in [-0.3, -0.25) is 9.59 Å². The Morgan fingerprint density at radius 2 is 1.86 bits per heavy atom. The Morgan fingerprint density at radius 1 is 1.07 bits per heavy atom. The summed E-state index contributed by atoms with van der Waals surface area (Å²) in [5, 5.41) is 23.9. The number of thiophene rings is 1. The number of hydrogen-bond acceptors (Lipinski definition) is 7. The average molecular weight is 406 g/mol. The van der Waals surface area contributed by atoms with Gasteiger partial charge in [-0.1, -0.05) is 12.1 Å². The van der Waals surface area contributed by atoms with Gasteiger partial charge in [-0.05, 0) is 40.1 Å². The number of phenols is 2. The highest BCUT2D eigenvalue weighted by molar-refractivity contribution is 7.08. The molecule has 2 N–H and O–H groups in total. The minimum atomic E-state index is -0.407. The lowest BCUT2D eigenvalue weighted by atomic mass is 9.86. The van der Waals surface area contributed by atoms with Crippen LogP contribution in [0.1, 0.15) is 23.5 Å². The first-order valence-corrected chi connectivity index (χ1v) is 9.80. The molecular formula is C22H14O6S. The van der Waals surface area contributed by atoms with Crippen LogP contribution in [-0.4, -0.2) is 16.2 Å². The van der Waals surface area contributed by atoms with Crippen LogP contribution in [0.2, 0.25) is 0 Å². The van der Waals surface area contributed by atoms with Crippen molar-refractivity contribution in [2.24, 2.45) is 0 Å². The summed E-state index contributed by atoms with van der Waals surface area (Å²) in [6.45, 7) is 0. The first-order chi connectivity index (χ1) is 14.0. The van der Waals surface area contributed by atoms with Crippen molar-refractivity contribution < 1.29 is 24.2 Å². The van der Waals surface area contributed by atoms with Crippen molar-refractivity contribution >= 4 is 28.3 Å². The molecule has 29 heavy (non-hydrogen) atoms. The van der Waals surface area contributed by atoms with Gasteiger partial charge in [0.15, 0.2) is 0 Å². The number of hydrogen-bond donors (Lipinski definition) is 2. The Morgan fingerprint density at radius 3 is 2.59 bits per heavy atom. The molecule has 0 spiro atoms. The highest BCUT2D eigenvalue weighted by atomic mass is 32.1. The van der Waals surface area contributed by atoms with Crippen LogP contribution in [0.3, 0.4) is 0 Å². The van der Waals surface area contributed by atoms with E-state index in [0.29, 0.717) is 11.1 Å². The Bertz CT molecular complexity index is 1300. The van der Waals surface area contributed by atoms with E-state index in [4.69, 9.17) is 9.15 Å². The number of fused-ring (bicyclic) bond motifs is 3. The molecule has 2 aromatic heterocycles. The molecule has 7 heteroatoms. The summed E-state index contributed by atoms with van der Waals surface area (Å²) in [5.41, 5.74) is 2.11. The van der Waals surface area contributed by atoms with E-state index in [1.54, 1.807) is 12.1 Å². The van der Waals surface area contributed by atoms with Crippen LogP contribution in [-0.2, 0) is 4.79 Å². The van der Waals surface area contributed by atoms with E-state index in [1.165, 1.54) is 35.8 Å². The molecule has 3 heterocycles. The number of esters is 1. The molecule has 6 nitrogen and oxygen atoms in total. The largest absolute Gasteiger partial charge is 0.508 e. The lowest BCUT2D eigenvalue weighted by Gasteiger charge is -2.25. The fourth-order valence-electron chi connectivity index (χ4n) is 3.73. The van der Waals surface area contributed by atoms with Crippen LogP contribution in [0.25, 0.3) is 22.1 Å². The smallest absolute Gasteiger partial charge is 0.312 e. The number of ether oxygens (including phenoxy) is 1. The SMILES string of the molecule is O=C1C[C@@H](c2ccsc2)c2c(cc(O)c3c(=O)c(-c4ccc(O)cc4)coc23)O1. The van der Waals surface area contributed by atoms with Crippen molar-refractivity contribution in [3.8, 4) is 28.4 Å². The standard InChI is InChI=1S/C22H14O6S/c23-13-3-1-11(2-4-13)15-9-27-22-19-14(12-5-6-29-10-12)7-18(25)28-17(19)8-16(24)20(22)21(15)26/h1-6,8-10,14,23-24H,7H2/t14-/m0/s1. The second kappa shape index (κ2) is 6.49. The van der Waals surface area contributed by atoms with E-state index < -0.39 is 11.4 Å². The second-order valence-electron chi connectivity index (χ2n) is 6.82. The second-order valence-corrected chi connectivity index (χ2v) is 7.60. The molecule has 0 bridgehead atoms. The van der Waals surface area contributed by atoms with E-state index >= 15 is 0 Å². The van der Waals surface area contributed by atoms with Gasteiger partial charge in [0.05, 0.1) is 12.0 Å². The van der Waals surface area contributed by atoms with Gasteiger partial charge in [0.1, 0.15) is 34.5 Å². The van der Waals surface area contributed by atoms with Crippen LogP contribution in [0.5, 0.6) is 17.2 Å². The van der Waals surface area contributed by atoms with Gasteiger partial charge in [-0.25, -0.2) is 0 Å². The Hall–Kier alpha value is -3.58. The number of rotatable bonds is 2. The van der Waals surface area contributed by atoms with Crippen molar-refractivity contribution in [3.63, 3.8) is 0 Å². The molecular weight excluding hydrogens is 392 g/mol. The fraction of sp³-hybridized carbons (Fsp3) is 0.0909. The van der Waals surface area contributed by atoms with Crippen molar-refractivity contribution in [2.45, 2.75) is 12.3 Å². The molecule has 0 amide bonds. The molecule has 0 saturated heterocycles. The molecule has 5 rings (SSSR count). The summed E-state index contributed by atoms with van der Waals surface area (Å²) in [7, 11) is 0. The lowest BCUT2D eigenvalue weighted by Crippen LogP contribution is -2.21. The van der Waals surface area contributed by atoms with Gasteiger partial charge in [0.2, 0.25) is 5.43 Å². The summed E-state index contributed by atoms with van der Waals surface area (Å²) < 4.78 is 11.2. The lowest BCUT2D eigenvalue weighted by molar-refractivity contribution is -0.135. The summed E-state index contributed by atoms with van der Waals surface area (Å²) >= 11 is 1.51. The third-order valence-electron chi connectivity index (χ3n) is 5.09. The molecule has 0 fully saturated rings. The summed E-state index contributed by atoms with van der Waals surface area (Å²) in [4.78, 5) is 25.3. The van der Waals surface area contributed by atoms with Crippen LogP contribution < -0.4 is 10.2 Å². The van der Waals surface area contributed by atoms with Gasteiger partial charge < -0.3 is 19.4 Å². The minimum Gasteiger partial charge on any atom is -0.508 e.